The Bertz CT molecular complexity index is 347. The molecule has 1 heterocycles. The van der Waals surface area contributed by atoms with Gasteiger partial charge in [0.25, 0.3) is 5.91 Å². The predicted octanol–water partition coefficient (Wildman–Crippen LogP) is 2.18. The van der Waals surface area contributed by atoms with E-state index < -0.39 is 0 Å². The largest absolute Gasteiger partial charge is 0.396 e. The second kappa shape index (κ2) is 8.75. The van der Waals surface area contributed by atoms with Gasteiger partial charge in [0.05, 0.1) is 0 Å². The summed E-state index contributed by atoms with van der Waals surface area (Å²) in [7, 11) is 0. The average molecular weight is 252 g/mol. The van der Waals surface area contributed by atoms with Crippen molar-refractivity contribution in [3.05, 3.63) is 24.0 Å². The topological polar surface area (TPSA) is 54.3 Å². The Hall–Kier alpha value is -1.29. The van der Waals surface area contributed by atoms with Gasteiger partial charge in [-0.15, -0.1) is 0 Å². The number of aliphatic hydroxyl groups is 1. The third-order valence-corrected chi connectivity index (χ3v) is 2.90. The van der Waals surface area contributed by atoms with E-state index in [0.717, 1.165) is 44.3 Å². The summed E-state index contributed by atoms with van der Waals surface area (Å²) in [5, 5.41) is 11.6. The van der Waals surface area contributed by atoms with E-state index in [1.54, 1.807) is 0 Å². The summed E-state index contributed by atoms with van der Waals surface area (Å²) in [5.74, 6) is 0.00982. The molecule has 4 heteroatoms. The fourth-order valence-corrected chi connectivity index (χ4v) is 1.94. The summed E-state index contributed by atoms with van der Waals surface area (Å²) < 4.78 is 1.99. The number of amides is 1. The van der Waals surface area contributed by atoms with E-state index in [1.807, 2.05) is 22.9 Å². The zero-order valence-corrected chi connectivity index (χ0v) is 11.2. The molecule has 0 saturated heterocycles. The normalized spacial score (nSPS) is 10.6. The molecular weight excluding hydrogens is 228 g/mol. The van der Waals surface area contributed by atoms with Gasteiger partial charge in [-0.25, -0.2) is 0 Å². The van der Waals surface area contributed by atoms with Crippen molar-refractivity contribution in [1.29, 1.82) is 0 Å². The molecule has 1 aromatic heterocycles. The van der Waals surface area contributed by atoms with Gasteiger partial charge in [-0.3, -0.25) is 4.79 Å². The summed E-state index contributed by atoms with van der Waals surface area (Å²) >= 11 is 0. The van der Waals surface area contributed by atoms with Gasteiger partial charge in [-0.2, -0.15) is 0 Å². The first-order chi connectivity index (χ1) is 8.79. The molecule has 0 radical (unpaired) electrons. The Morgan fingerprint density at radius 3 is 2.83 bits per heavy atom. The van der Waals surface area contributed by atoms with Crippen molar-refractivity contribution in [2.75, 3.05) is 13.2 Å². The average Bonchev–Trinajstić information content (AvgIpc) is 2.82. The maximum absolute atomic E-state index is 11.9. The van der Waals surface area contributed by atoms with E-state index in [2.05, 4.69) is 12.2 Å². The second-order valence-electron chi connectivity index (χ2n) is 4.48. The maximum atomic E-state index is 11.9. The molecule has 0 aromatic carbocycles. The summed E-state index contributed by atoms with van der Waals surface area (Å²) in [6.07, 6.45) is 6.87. The van der Waals surface area contributed by atoms with E-state index in [1.165, 1.54) is 0 Å². The minimum atomic E-state index is 0.00982. The molecule has 18 heavy (non-hydrogen) atoms. The van der Waals surface area contributed by atoms with Crippen molar-refractivity contribution in [2.24, 2.45) is 0 Å². The molecule has 2 N–H and O–H groups in total. The molecule has 102 valence electrons. The number of unbranched alkanes of at least 4 members (excludes halogenated alkanes) is 3. The highest BCUT2D eigenvalue weighted by atomic mass is 16.2. The minimum Gasteiger partial charge on any atom is -0.396 e. The first kappa shape index (κ1) is 14.8. The molecule has 1 rings (SSSR count). The molecule has 1 aromatic rings. The lowest BCUT2D eigenvalue weighted by Gasteiger charge is -2.08. The molecule has 0 aliphatic heterocycles. The molecule has 0 spiro atoms. The van der Waals surface area contributed by atoms with Gasteiger partial charge >= 0.3 is 0 Å². The fraction of sp³-hybridized carbons (Fsp3) is 0.643. The van der Waals surface area contributed by atoms with Crippen LogP contribution in [0.4, 0.5) is 0 Å². The lowest BCUT2D eigenvalue weighted by atomic mass is 10.2. The van der Waals surface area contributed by atoms with E-state index in [-0.39, 0.29) is 12.5 Å². The van der Waals surface area contributed by atoms with Crippen LogP contribution in [0.1, 0.15) is 49.5 Å². The lowest BCUT2D eigenvalue weighted by molar-refractivity contribution is 0.0943. The van der Waals surface area contributed by atoms with E-state index in [9.17, 15) is 4.79 Å². The fourth-order valence-electron chi connectivity index (χ4n) is 1.94. The number of aryl methyl sites for hydroxylation is 1. The van der Waals surface area contributed by atoms with Gasteiger partial charge in [0, 0.05) is 25.9 Å². The Kier molecular flexibility index (Phi) is 7.18. The number of nitrogens with one attached hydrogen (secondary N) is 1. The molecule has 0 aliphatic rings. The van der Waals surface area contributed by atoms with Crippen LogP contribution in [0.5, 0.6) is 0 Å². The smallest absolute Gasteiger partial charge is 0.267 e. The number of aliphatic hydroxyl groups excluding tert-OH is 1. The molecule has 0 aliphatic carbocycles. The number of carbonyl (C=O) groups is 1. The molecule has 0 saturated carbocycles. The molecule has 4 nitrogen and oxygen atoms in total. The molecule has 0 bridgehead atoms. The van der Waals surface area contributed by atoms with Crippen LogP contribution in [-0.4, -0.2) is 28.7 Å². The maximum Gasteiger partial charge on any atom is 0.267 e. The number of hydrogen-bond acceptors (Lipinski definition) is 2. The Morgan fingerprint density at radius 1 is 1.33 bits per heavy atom. The molecule has 0 fully saturated rings. The first-order valence-electron chi connectivity index (χ1n) is 6.83. The van der Waals surface area contributed by atoms with Crippen molar-refractivity contribution < 1.29 is 9.90 Å². The van der Waals surface area contributed by atoms with Crippen LogP contribution in [0.15, 0.2) is 18.3 Å². The molecular formula is C14H24N2O2. The standard InChI is InChI=1S/C14H24N2O2/c1-2-10-16-11-7-8-13(16)14(18)15-9-5-3-4-6-12-17/h7-8,11,17H,2-6,9-10,12H2,1H3,(H,15,18). The number of nitrogens with zero attached hydrogens (tertiary/aromatic N) is 1. The van der Waals surface area contributed by atoms with Crippen molar-refractivity contribution in [2.45, 2.75) is 45.6 Å². The van der Waals surface area contributed by atoms with Crippen molar-refractivity contribution >= 4 is 5.91 Å². The lowest BCUT2D eigenvalue weighted by Crippen LogP contribution is -2.26. The highest BCUT2D eigenvalue weighted by Crippen LogP contribution is 2.04. The van der Waals surface area contributed by atoms with Crippen LogP contribution in [0.25, 0.3) is 0 Å². The Labute approximate surface area is 109 Å². The summed E-state index contributed by atoms with van der Waals surface area (Å²) in [5.41, 5.74) is 0.743. The van der Waals surface area contributed by atoms with E-state index in [4.69, 9.17) is 5.11 Å². The van der Waals surface area contributed by atoms with Gasteiger partial charge < -0.3 is 15.0 Å². The van der Waals surface area contributed by atoms with Crippen LogP contribution in [-0.2, 0) is 6.54 Å². The number of aromatic nitrogens is 1. The van der Waals surface area contributed by atoms with Gasteiger partial charge in [0.1, 0.15) is 5.69 Å². The zero-order chi connectivity index (χ0) is 13.2. The van der Waals surface area contributed by atoms with Crippen molar-refractivity contribution in [3.8, 4) is 0 Å². The second-order valence-corrected chi connectivity index (χ2v) is 4.48. The third kappa shape index (κ3) is 4.92. The Morgan fingerprint density at radius 2 is 2.11 bits per heavy atom. The molecule has 0 unspecified atom stereocenters. The summed E-state index contributed by atoms with van der Waals surface area (Å²) in [6, 6.07) is 3.77. The Balaban J connectivity index is 2.25. The van der Waals surface area contributed by atoms with Crippen molar-refractivity contribution in [1.82, 2.24) is 9.88 Å². The van der Waals surface area contributed by atoms with E-state index in [0.29, 0.717) is 6.54 Å². The first-order valence-corrected chi connectivity index (χ1v) is 6.83. The van der Waals surface area contributed by atoms with Gasteiger partial charge in [-0.05, 0) is 31.4 Å². The number of carbonyl (C=O) groups excluding carboxylic acids is 1. The minimum absolute atomic E-state index is 0.00982. The predicted molar refractivity (Wildman–Crippen MR) is 72.6 cm³/mol. The summed E-state index contributed by atoms with van der Waals surface area (Å²) in [4.78, 5) is 11.9. The quantitative estimate of drug-likeness (QED) is 0.662. The third-order valence-electron chi connectivity index (χ3n) is 2.90. The van der Waals surface area contributed by atoms with Crippen LogP contribution in [0.3, 0.4) is 0 Å². The molecule has 0 atom stereocenters. The highest BCUT2D eigenvalue weighted by Gasteiger charge is 2.08. The SMILES string of the molecule is CCCn1cccc1C(=O)NCCCCCCO. The van der Waals surface area contributed by atoms with Crippen LogP contribution in [0, 0.1) is 0 Å². The highest BCUT2D eigenvalue weighted by molar-refractivity contribution is 5.92. The number of hydrogen-bond donors (Lipinski definition) is 2. The van der Waals surface area contributed by atoms with Gasteiger partial charge in [-0.1, -0.05) is 19.8 Å². The van der Waals surface area contributed by atoms with Crippen LogP contribution < -0.4 is 5.32 Å². The molecule has 1 amide bonds. The van der Waals surface area contributed by atoms with Gasteiger partial charge in [0.15, 0.2) is 0 Å². The van der Waals surface area contributed by atoms with Crippen molar-refractivity contribution in [3.63, 3.8) is 0 Å². The van der Waals surface area contributed by atoms with Crippen LogP contribution >= 0.6 is 0 Å². The van der Waals surface area contributed by atoms with Gasteiger partial charge in [0.2, 0.25) is 0 Å². The summed E-state index contributed by atoms with van der Waals surface area (Å²) in [6.45, 7) is 3.95. The zero-order valence-electron chi connectivity index (χ0n) is 11.2. The van der Waals surface area contributed by atoms with Crippen LogP contribution in [0.2, 0.25) is 0 Å². The monoisotopic (exact) mass is 252 g/mol. The van der Waals surface area contributed by atoms with E-state index >= 15 is 0 Å². The number of rotatable bonds is 9.